The minimum Gasteiger partial charge on any atom is -0.443 e. The van der Waals surface area contributed by atoms with Gasteiger partial charge in [0.15, 0.2) is 10.4 Å². The molecule has 19 heavy (non-hydrogen) atoms. The largest absolute Gasteiger partial charge is 0.443 e. The number of rotatable bonds is 5. The lowest BCUT2D eigenvalue weighted by Crippen LogP contribution is -2.28. The second kappa shape index (κ2) is 5.46. The Morgan fingerprint density at radius 2 is 2.26 bits per heavy atom. The molecule has 106 valence electrons. The van der Waals surface area contributed by atoms with Gasteiger partial charge in [-0.3, -0.25) is 4.79 Å². The molecule has 0 saturated heterocycles. The molecular formula is C11H13BrClNO4S. The Balaban J connectivity index is 2.03. The van der Waals surface area contributed by atoms with Gasteiger partial charge >= 0.3 is 0 Å². The second-order valence-electron chi connectivity index (χ2n) is 4.71. The fraction of sp³-hybridized carbons (Fsp3) is 0.545. The molecule has 0 aliphatic heterocycles. The summed E-state index contributed by atoms with van der Waals surface area (Å²) < 4.78 is 27.4. The van der Waals surface area contributed by atoms with Crippen LogP contribution in [0.5, 0.6) is 0 Å². The molecule has 2 rings (SSSR count). The molecule has 1 heterocycles. The Morgan fingerprint density at radius 3 is 2.74 bits per heavy atom. The van der Waals surface area contributed by atoms with E-state index in [1.54, 1.807) is 0 Å². The molecule has 1 fully saturated rings. The van der Waals surface area contributed by atoms with Gasteiger partial charge in [0.25, 0.3) is 15.0 Å². The number of carbonyl (C=O) groups is 1. The number of hydrogen-bond acceptors (Lipinski definition) is 4. The maximum atomic E-state index is 11.8. The SMILES string of the molecule is CC(CNC(=O)c1cc(S(=O)(=O)Cl)c(Br)o1)C1CC1. The van der Waals surface area contributed by atoms with Crippen molar-refractivity contribution in [1.29, 1.82) is 0 Å². The molecule has 8 heteroatoms. The molecule has 0 radical (unpaired) electrons. The number of nitrogens with one attached hydrogen (secondary N) is 1. The molecule has 5 nitrogen and oxygen atoms in total. The van der Waals surface area contributed by atoms with Crippen molar-refractivity contribution in [1.82, 2.24) is 5.32 Å². The Labute approximate surface area is 124 Å². The molecule has 1 atom stereocenters. The predicted octanol–water partition coefficient (Wildman–Crippen LogP) is 2.75. The summed E-state index contributed by atoms with van der Waals surface area (Å²) in [7, 11) is 1.28. The van der Waals surface area contributed by atoms with E-state index in [0.29, 0.717) is 18.4 Å². The van der Waals surface area contributed by atoms with Gasteiger partial charge in [0.05, 0.1) is 0 Å². The van der Waals surface area contributed by atoms with Crippen LogP contribution in [0.3, 0.4) is 0 Å². The number of furan rings is 1. The lowest BCUT2D eigenvalue weighted by atomic mass is 10.1. The van der Waals surface area contributed by atoms with E-state index >= 15 is 0 Å². The first-order valence-electron chi connectivity index (χ1n) is 5.81. The van der Waals surface area contributed by atoms with Crippen LogP contribution in [-0.2, 0) is 9.05 Å². The quantitative estimate of drug-likeness (QED) is 0.809. The molecule has 0 aromatic carbocycles. The van der Waals surface area contributed by atoms with Gasteiger partial charge < -0.3 is 9.73 Å². The summed E-state index contributed by atoms with van der Waals surface area (Å²) in [6.45, 7) is 2.62. The summed E-state index contributed by atoms with van der Waals surface area (Å²) in [6.07, 6.45) is 2.41. The topological polar surface area (TPSA) is 76.4 Å². The highest BCUT2D eigenvalue weighted by Gasteiger charge is 2.28. The second-order valence-corrected chi connectivity index (χ2v) is 7.97. The van der Waals surface area contributed by atoms with E-state index in [1.165, 1.54) is 12.8 Å². The first kappa shape index (κ1) is 14.9. The molecule has 0 bridgehead atoms. The summed E-state index contributed by atoms with van der Waals surface area (Å²) in [4.78, 5) is 11.6. The van der Waals surface area contributed by atoms with Crippen LogP contribution in [0.4, 0.5) is 0 Å². The Kier molecular flexibility index (Phi) is 4.27. The highest BCUT2D eigenvalue weighted by atomic mass is 79.9. The van der Waals surface area contributed by atoms with E-state index in [4.69, 9.17) is 15.1 Å². The van der Waals surface area contributed by atoms with Crippen LogP contribution in [0.2, 0.25) is 0 Å². The number of halogens is 2. The highest BCUT2D eigenvalue weighted by Crippen LogP contribution is 2.36. The van der Waals surface area contributed by atoms with Gasteiger partial charge in [-0.2, -0.15) is 0 Å². The minimum atomic E-state index is -3.93. The van der Waals surface area contributed by atoms with E-state index in [9.17, 15) is 13.2 Å². The lowest BCUT2D eigenvalue weighted by Gasteiger charge is -2.09. The first-order chi connectivity index (χ1) is 8.79. The maximum absolute atomic E-state index is 11.8. The summed E-state index contributed by atoms with van der Waals surface area (Å²) >= 11 is 2.92. The fourth-order valence-electron chi connectivity index (χ4n) is 1.80. The van der Waals surface area contributed by atoms with E-state index in [0.717, 1.165) is 6.07 Å². The van der Waals surface area contributed by atoms with E-state index < -0.39 is 15.0 Å². The predicted molar refractivity (Wildman–Crippen MR) is 73.7 cm³/mol. The van der Waals surface area contributed by atoms with Crippen molar-refractivity contribution in [3.8, 4) is 0 Å². The zero-order valence-corrected chi connectivity index (χ0v) is 13.3. The Bertz CT molecular complexity index is 594. The van der Waals surface area contributed by atoms with Crippen molar-refractivity contribution in [2.75, 3.05) is 6.54 Å². The zero-order valence-electron chi connectivity index (χ0n) is 10.2. The normalized spacial score (nSPS) is 17.2. The first-order valence-corrected chi connectivity index (χ1v) is 8.91. The highest BCUT2D eigenvalue weighted by molar-refractivity contribution is 9.10. The molecule has 1 N–H and O–H groups in total. The molecule has 1 aromatic heterocycles. The van der Waals surface area contributed by atoms with Gasteiger partial charge in [0, 0.05) is 23.3 Å². The van der Waals surface area contributed by atoms with Gasteiger partial charge in [0.2, 0.25) is 0 Å². The van der Waals surface area contributed by atoms with Crippen molar-refractivity contribution >= 4 is 41.6 Å². The lowest BCUT2D eigenvalue weighted by molar-refractivity contribution is 0.0917. The van der Waals surface area contributed by atoms with Crippen molar-refractivity contribution in [3.63, 3.8) is 0 Å². The summed E-state index contributed by atoms with van der Waals surface area (Å²) in [5, 5.41) is 2.72. The smallest absolute Gasteiger partial charge is 0.287 e. The molecule has 1 aliphatic rings. The number of carbonyl (C=O) groups excluding carboxylic acids is 1. The molecular weight excluding hydrogens is 358 g/mol. The van der Waals surface area contributed by atoms with Gasteiger partial charge in [-0.15, -0.1) is 0 Å². The minimum absolute atomic E-state index is 0.0668. The Morgan fingerprint density at radius 1 is 1.63 bits per heavy atom. The third kappa shape index (κ3) is 3.73. The fourth-order valence-corrected chi connectivity index (χ4v) is 3.84. The van der Waals surface area contributed by atoms with Gasteiger partial charge in [-0.1, -0.05) is 6.92 Å². The van der Waals surface area contributed by atoms with E-state index in [1.807, 2.05) is 0 Å². The van der Waals surface area contributed by atoms with E-state index in [2.05, 4.69) is 28.2 Å². The van der Waals surface area contributed by atoms with Crippen molar-refractivity contribution in [2.45, 2.75) is 24.7 Å². The van der Waals surface area contributed by atoms with E-state index in [-0.39, 0.29) is 15.3 Å². The standard InChI is InChI=1S/C11H13BrClNO4S/c1-6(7-2-3-7)5-14-11(15)8-4-9(10(12)18-8)19(13,16)17/h4,6-7H,2-3,5H2,1H3,(H,14,15). The van der Waals surface area contributed by atoms with Gasteiger partial charge in [0.1, 0.15) is 4.90 Å². The van der Waals surface area contributed by atoms with Crippen LogP contribution >= 0.6 is 26.6 Å². The van der Waals surface area contributed by atoms with Crippen LogP contribution in [0, 0.1) is 11.8 Å². The van der Waals surface area contributed by atoms with Crippen molar-refractivity contribution in [3.05, 3.63) is 16.5 Å². The molecule has 1 unspecified atom stereocenters. The summed E-state index contributed by atoms with van der Waals surface area (Å²) in [5.41, 5.74) is 0. The van der Waals surface area contributed by atoms with Crippen LogP contribution in [0.25, 0.3) is 0 Å². The number of amides is 1. The molecule has 0 spiro atoms. The molecule has 1 aromatic rings. The van der Waals surface area contributed by atoms with Crippen molar-refractivity contribution in [2.24, 2.45) is 11.8 Å². The van der Waals surface area contributed by atoms with Crippen LogP contribution in [0.15, 0.2) is 20.0 Å². The maximum Gasteiger partial charge on any atom is 0.287 e. The third-order valence-corrected chi connectivity index (χ3v) is 5.33. The van der Waals surface area contributed by atoms with Crippen LogP contribution in [0.1, 0.15) is 30.3 Å². The average molecular weight is 371 g/mol. The third-order valence-electron chi connectivity index (χ3n) is 3.15. The molecule has 1 amide bonds. The molecule has 1 aliphatic carbocycles. The Hall–Kier alpha value is -0.530. The summed E-state index contributed by atoms with van der Waals surface area (Å²) in [5.74, 6) is 0.579. The zero-order chi connectivity index (χ0) is 14.2. The summed E-state index contributed by atoms with van der Waals surface area (Å²) in [6, 6.07) is 1.11. The van der Waals surface area contributed by atoms with Crippen LogP contribution < -0.4 is 5.32 Å². The monoisotopic (exact) mass is 369 g/mol. The molecule has 1 saturated carbocycles. The number of hydrogen-bond donors (Lipinski definition) is 1. The van der Waals surface area contributed by atoms with Crippen molar-refractivity contribution < 1.29 is 17.6 Å². The average Bonchev–Trinajstić information content (AvgIpc) is 3.07. The van der Waals surface area contributed by atoms with Crippen LogP contribution in [-0.4, -0.2) is 20.9 Å². The van der Waals surface area contributed by atoms with Gasteiger partial charge in [-0.05, 0) is 40.6 Å². The van der Waals surface area contributed by atoms with Gasteiger partial charge in [-0.25, -0.2) is 8.42 Å².